The van der Waals surface area contributed by atoms with Crippen LogP contribution in [0.5, 0.6) is 5.75 Å². The Hall–Kier alpha value is -2.43. The number of nitrogens with zero attached hydrogens (tertiary/aromatic N) is 1. The van der Waals surface area contributed by atoms with Crippen LogP contribution in [0.15, 0.2) is 41.0 Å². The van der Waals surface area contributed by atoms with Crippen LogP contribution in [0.4, 0.5) is 5.69 Å². The van der Waals surface area contributed by atoms with Crippen LogP contribution in [0.25, 0.3) is 0 Å². The van der Waals surface area contributed by atoms with Gasteiger partial charge in [-0.25, -0.2) is 0 Å². The van der Waals surface area contributed by atoms with E-state index < -0.39 is 0 Å². The molecule has 0 aliphatic carbocycles. The number of rotatable bonds is 6. The van der Waals surface area contributed by atoms with Crippen molar-refractivity contribution in [3.8, 4) is 5.75 Å². The van der Waals surface area contributed by atoms with Crippen molar-refractivity contribution < 1.29 is 13.9 Å². The number of hydrogen-bond acceptors (Lipinski definition) is 4. The molecule has 0 unspecified atom stereocenters. The molecule has 0 fully saturated rings. The van der Waals surface area contributed by atoms with Crippen LogP contribution >= 0.6 is 0 Å². The molecule has 2 rings (SSSR count). The highest BCUT2D eigenvalue weighted by atomic mass is 16.5. The Kier molecular flexibility index (Phi) is 4.87. The van der Waals surface area contributed by atoms with Gasteiger partial charge >= 0.3 is 0 Å². The van der Waals surface area contributed by atoms with Crippen LogP contribution in [0.2, 0.25) is 0 Å². The Balaban J connectivity index is 2.27. The first-order valence-corrected chi connectivity index (χ1v) is 7.00. The molecule has 0 saturated carbocycles. The van der Waals surface area contributed by atoms with Gasteiger partial charge in [-0.05, 0) is 38.1 Å². The first-order valence-electron chi connectivity index (χ1n) is 7.00. The van der Waals surface area contributed by atoms with Crippen LogP contribution in [-0.2, 0) is 6.54 Å². The number of nitrogens with two attached hydrogens (primary N) is 1. The minimum atomic E-state index is -0.121. The van der Waals surface area contributed by atoms with E-state index in [9.17, 15) is 4.79 Å². The maximum absolute atomic E-state index is 12.7. The predicted molar refractivity (Wildman–Crippen MR) is 81.1 cm³/mol. The quantitative estimate of drug-likeness (QED) is 0.830. The summed E-state index contributed by atoms with van der Waals surface area (Å²) in [7, 11) is 0. The molecule has 2 N–H and O–H groups in total. The summed E-state index contributed by atoms with van der Waals surface area (Å²) in [5.74, 6) is 1.07. The van der Waals surface area contributed by atoms with Crippen molar-refractivity contribution in [3.05, 3.63) is 47.9 Å². The maximum atomic E-state index is 12.7. The SMILES string of the molecule is CCOc1c(N)cccc1C(=O)N(CC)Cc1ccco1. The van der Waals surface area contributed by atoms with Gasteiger partial charge in [-0.1, -0.05) is 6.07 Å². The zero-order valence-corrected chi connectivity index (χ0v) is 12.3. The highest BCUT2D eigenvalue weighted by Gasteiger charge is 2.21. The molecule has 21 heavy (non-hydrogen) atoms. The number of para-hydroxylation sites is 1. The molecule has 0 aliphatic rings. The van der Waals surface area contributed by atoms with Gasteiger partial charge in [-0.2, -0.15) is 0 Å². The summed E-state index contributed by atoms with van der Waals surface area (Å²) in [6, 6.07) is 8.86. The van der Waals surface area contributed by atoms with Crippen LogP contribution < -0.4 is 10.5 Å². The van der Waals surface area contributed by atoms with Gasteiger partial charge in [0.25, 0.3) is 5.91 Å². The molecule has 0 aliphatic heterocycles. The molecule has 5 heteroatoms. The lowest BCUT2D eigenvalue weighted by Crippen LogP contribution is -2.30. The van der Waals surface area contributed by atoms with Crippen LogP contribution in [0, 0.1) is 0 Å². The lowest BCUT2D eigenvalue weighted by molar-refractivity contribution is 0.0737. The average Bonchev–Trinajstić information content (AvgIpc) is 2.99. The zero-order valence-electron chi connectivity index (χ0n) is 12.3. The summed E-state index contributed by atoms with van der Waals surface area (Å²) >= 11 is 0. The van der Waals surface area contributed by atoms with Crippen molar-refractivity contribution in [2.45, 2.75) is 20.4 Å². The number of nitrogen functional groups attached to an aromatic ring is 1. The third kappa shape index (κ3) is 3.37. The second-order valence-corrected chi connectivity index (χ2v) is 4.56. The molecule has 1 aromatic heterocycles. The van der Waals surface area contributed by atoms with E-state index in [1.165, 1.54) is 0 Å². The molecule has 1 heterocycles. The van der Waals surface area contributed by atoms with Gasteiger partial charge in [0.15, 0.2) is 5.75 Å². The Bertz CT molecular complexity index is 594. The van der Waals surface area contributed by atoms with Crippen molar-refractivity contribution >= 4 is 11.6 Å². The van der Waals surface area contributed by atoms with E-state index in [-0.39, 0.29) is 5.91 Å². The maximum Gasteiger partial charge on any atom is 0.258 e. The van der Waals surface area contributed by atoms with E-state index in [0.717, 1.165) is 5.76 Å². The minimum Gasteiger partial charge on any atom is -0.491 e. The molecule has 1 amide bonds. The van der Waals surface area contributed by atoms with E-state index in [2.05, 4.69) is 0 Å². The van der Waals surface area contributed by atoms with Crippen LogP contribution in [0.1, 0.15) is 30.0 Å². The Morgan fingerprint density at radius 3 is 2.71 bits per heavy atom. The van der Waals surface area contributed by atoms with Crippen molar-refractivity contribution in [1.29, 1.82) is 0 Å². The number of benzene rings is 1. The van der Waals surface area contributed by atoms with Crippen LogP contribution in [-0.4, -0.2) is 24.0 Å². The third-order valence-corrected chi connectivity index (χ3v) is 3.16. The second kappa shape index (κ2) is 6.83. The topological polar surface area (TPSA) is 68.7 Å². The van der Waals surface area contributed by atoms with Gasteiger partial charge in [0.2, 0.25) is 0 Å². The predicted octanol–water partition coefficient (Wildman–Crippen LogP) is 2.92. The molecule has 0 radical (unpaired) electrons. The molecular formula is C16H20N2O3. The molecular weight excluding hydrogens is 268 g/mol. The van der Waals surface area contributed by atoms with Crippen molar-refractivity contribution in [2.75, 3.05) is 18.9 Å². The number of carbonyl (C=O) groups is 1. The van der Waals surface area contributed by atoms with E-state index in [1.54, 1.807) is 35.4 Å². The molecule has 0 saturated heterocycles. The first kappa shape index (κ1) is 15.0. The normalized spacial score (nSPS) is 10.4. The number of hydrogen-bond donors (Lipinski definition) is 1. The fraction of sp³-hybridized carbons (Fsp3) is 0.312. The Morgan fingerprint density at radius 1 is 1.29 bits per heavy atom. The molecule has 112 valence electrons. The summed E-state index contributed by atoms with van der Waals surface area (Å²) in [4.78, 5) is 14.4. The number of anilines is 1. The molecule has 0 spiro atoms. The van der Waals surface area contributed by atoms with Gasteiger partial charge in [0.05, 0.1) is 30.7 Å². The average molecular weight is 288 g/mol. The van der Waals surface area contributed by atoms with Gasteiger partial charge in [0.1, 0.15) is 5.76 Å². The van der Waals surface area contributed by atoms with Crippen molar-refractivity contribution in [2.24, 2.45) is 0 Å². The zero-order chi connectivity index (χ0) is 15.2. The molecule has 0 bridgehead atoms. The molecule has 0 atom stereocenters. The molecule has 2 aromatic rings. The van der Waals surface area contributed by atoms with Gasteiger partial charge in [-0.15, -0.1) is 0 Å². The standard InChI is InChI=1S/C16H20N2O3/c1-3-18(11-12-7-6-10-21-12)16(19)13-8-5-9-14(17)15(13)20-4-2/h5-10H,3-4,11,17H2,1-2H3. The number of carbonyl (C=O) groups excluding carboxylic acids is 1. The van der Waals surface area contributed by atoms with Gasteiger partial charge < -0.3 is 19.8 Å². The fourth-order valence-corrected chi connectivity index (χ4v) is 2.12. The number of ether oxygens (including phenoxy) is 1. The smallest absolute Gasteiger partial charge is 0.258 e. The van der Waals surface area contributed by atoms with Crippen LogP contribution in [0.3, 0.4) is 0 Å². The van der Waals surface area contributed by atoms with Crippen molar-refractivity contribution in [1.82, 2.24) is 4.90 Å². The molecule has 1 aromatic carbocycles. The highest BCUT2D eigenvalue weighted by molar-refractivity contribution is 5.98. The largest absolute Gasteiger partial charge is 0.491 e. The number of amides is 1. The Morgan fingerprint density at radius 2 is 2.10 bits per heavy atom. The lowest BCUT2D eigenvalue weighted by atomic mass is 10.1. The second-order valence-electron chi connectivity index (χ2n) is 4.56. The fourth-order valence-electron chi connectivity index (χ4n) is 2.12. The highest BCUT2D eigenvalue weighted by Crippen LogP contribution is 2.28. The Labute approximate surface area is 124 Å². The van der Waals surface area contributed by atoms with E-state index in [4.69, 9.17) is 14.9 Å². The van der Waals surface area contributed by atoms with Gasteiger partial charge in [0, 0.05) is 6.54 Å². The summed E-state index contributed by atoms with van der Waals surface area (Å²) < 4.78 is 10.8. The lowest BCUT2D eigenvalue weighted by Gasteiger charge is -2.21. The van der Waals surface area contributed by atoms with Crippen molar-refractivity contribution in [3.63, 3.8) is 0 Å². The monoisotopic (exact) mass is 288 g/mol. The van der Waals surface area contributed by atoms with Gasteiger partial charge in [-0.3, -0.25) is 4.79 Å². The van der Waals surface area contributed by atoms with E-state index >= 15 is 0 Å². The molecule has 5 nitrogen and oxygen atoms in total. The number of furan rings is 1. The first-order chi connectivity index (χ1) is 10.2. The third-order valence-electron chi connectivity index (χ3n) is 3.16. The summed E-state index contributed by atoms with van der Waals surface area (Å²) in [5, 5.41) is 0. The summed E-state index contributed by atoms with van der Waals surface area (Å²) in [6.45, 7) is 5.23. The minimum absolute atomic E-state index is 0.121. The summed E-state index contributed by atoms with van der Waals surface area (Å²) in [5.41, 5.74) is 6.85. The summed E-state index contributed by atoms with van der Waals surface area (Å²) in [6.07, 6.45) is 1.60. The van der Waals surface area contributed by atoms with E-state index in [1.807, 2.05) is 19.9 Å². The van der Waals surface area contributed by atoms with E-state index in [0.29, 0.717) is 36.7 Å².